The molecule has 0 bridgehead atoms. The minimum absolute atomic E-state index is 0.0440. The summed E-state index contributed by atoms with van der Waals surface area (Å²) >= 11 is 0. The van der Waals surface area contributed by atoms with E-state index in [4.69, 9.17) is 9.15 Å². The molecule has 3 aromatic rings. The maximum absolute atomic E-state index is 12.8. The molecule has 6 nitrogen and oxygen atoms in total. The first-order valence-corrected chi connectivity index (χ1v) is 8.13. The van der Waals surface area contributed by atoms with Crippen LogP contribution in [-0.4, -0.2) is 21.9 Å². The zero-order valence-corrected chi connectivity index (χ0v) is 14.2. The van der Waals surface area contributed by atoms with Crippen LogP contribution < -0.4 is 10.1 Å². The molecule has 0 fully saturated rings. The minimum Gasteiger partial charge on any atom is -0.484 e. The van der Waals surface area contributed by atoms with E-state index < -0.39 is 0 Å². The Kier molecular flexibility index (Phi) is 5.58. The van der Waals surface area contributed by atoms with Gasteiger partial charge in [-0.3, -0.25) is 9.78 Å². The highest BCUT2D eigenvalue weighted by Gasteiger charge is 2.15. The molecule has 1 aromatic carbocycles. The van der Waals surface area contributed by atoms with Crippen LogP contribution in [0.25, 0.3) is 0 Å². The molecule has 7 heteroatoms. The quantitative estimate of drug-likeness (QED) is 0.704. The van der Waals surface area contributed by atoms with Gasteiger partial charge in [0.1, 0.15) is 17.8 Å². The average molecular weight is 355 g/mol. The molecule has 1 amide bonds. The number of hydrogen-bond donors (Lipinski definition) is 1. The third kappa shape index (κ3) is 4.89. The van der Waals surface area contributed by atoms with E-state index in [1.807, 2.05) is 25.1 Å². The van der Waals surface area contributed by atoms with E-state index in [0.717, 1.165) is 5.69 Å². The molecule has 2 heterocycles. The fourth-order valence-corrected chi connectivity index (χ4v) is 2.34. The Morgan fingerprint density at radius 2 is 2.08 bits per heavy atom. The fraction of sp³-hybridized carbons (Fsp3) is 0.211. The van der Waals surface area contributed by atoms with E-state index >= 15 is 0 Å². The molecule has 0 spiro atoms. The van der Waals surface area contributed by atoms with Crippen molar-refractivity contribution in [1.82, 2.24) is 15.3 Å². The van der Waals surface area contributed by atoms with E-state index in [0.29, 0.717) is 12.2 Å². The number of aromatic nitrogens is 2. The fourth-order valence-electron chi connectivity index (χ4n) is 2.34. The van der Waals surface area contributed by atoms with Crippen molar-refractivity contribution in [1.29, 1.82) is 0 Å². The molecule has 1 atom stereocenters. The number of benzene rings is 1. The van der Waals surface area contributed by atoms with Gasteiger partial charge >= 0.3 is 0 Å². The van der Waals surface area contributed by atoms with E-state index in [-0.39, 0.29) is 36.0 Å². The largest absolute Gasteiger partial charge is 0.484 e. The Balaban J connectivity index is 1.51. The van der Waals surface area contributed by atoms with Crippen molar-refractivity contribution in [2.45, 2.75) is 26.0 Å². The van der Waals surface area contributed by atoms with Crippen molar-refractivity contribution in [3.05, 3.63) is 78.0 Å². The lowest BCUT2D eigenvalue weighted by molar-refractivity contribution is 0.0935. The number of nitrogens with one attached hydrogen (secondary N) is 1. The second-order valence-corrected chi connectivity index (χ2v) is 5.77. The van der Waals surface area contributed by atoms with Crippen molar-refractivity contribution in [3.8, 4) is 5.75 Å². The Morgan fingerprint density at radius 3 is 2.81 bits per heavy atom. The summed E-state index contributed by atoms with van der Waals surface area (Å²) in [6.07, 6.45) is 3.62. The maximum atomic E-state index is 12.8. The molecule has 3 rings (SSSR count). The predicted molar refractivity (Wildman–Crippen MR) is 92.1 cm³/mol. The summed E-state index contributed by atoms with van der Waals surface area (Å²) in [6.45, 7) is 1.94. The van der Waals surface area contributed by atoms with Crippen LogP contribution in [0.4, 0.5) is 4.39 Å². The van der Waals surface area contributed by atoms with Gasteiger partial charge in [0.2, 0.25) is 5.89 Å². The first kappa shape index (κ1) is 17.6. The second-order valence-electron chi connectivity index (χ2n) is 5.77. The van der Waals surface area contributed by atoms with E-state index in [9.17, 15) is 9.18 Å². The van der Waals surface area contributed by atoms with Gasteiger partial charge in [-0.25, -0.2) is 9.37 Å². The standard InChI is InChI=1S/C19H18FN3O3/c1-13(10-15-4-2-3-9-21-15)22-19(24)17-11-26-18(23-17)12-25-16-7-5-14(20)6-8-16/h2-9,11,13H,10,12H2,1H3,(H,22,24)/t13-/m1/s1. The number of hydrogen-bond acceptors (Lipinski definition) is 5. The molecule has 0 unspecified atom stereocenters. The van der Waals surface area contributed by atoms with Crippen LogP contribution in [0.1, 0.15) is 29.0 Å². The van der Waals surface area contributed by atoms with Crippen molar-refractivity contribution in [2.75, 3.05) is 0 Å². The summed E-state index contributed by atoms with van der Waals surface area (Å²) in [5.41, 5.74) is 1.07. The normalized spacial score (nSPS) is 11.8. The molecule has 1 N–H and O–H groups in total. The van der Waals surface area contributed by atoms with Crippen LogP contribution in [0.15, 0.2) is 59.3 Å². The molecule has 0 saturated carbocycles. The molecule has 0 aliphatic carbocycles. The Bertz CT molecular complexity index is 850. The number of oxazole rings is 1. The molecular formula is C19H18FN3O3. The van der Waals surface area contributed by atoms with Crippen LogP contribution in [0.2, 0.25) is 0 Å². The lowest BCUT2D eigenvalue weighted by atomic mass is 10.1. The number of carbonyl (C=O) groups is 1. The number of nitrogens with zero attached hydrogens (tertiary/aromatic N) is 2. The summed E-state index contributed by atoms with van der Waals surface area (Å²) in [5, 5.41) is 2.85. The molecule has 134 valence electrons. The van der Waals surface area contributed by atoms with Gasteiger partial charge in [-0.15, -0.1) is 0 Å². The van der Waals surface area contributed by atoms with Crippen LogP contribution in [0.3, 0.4) is 0 Å². The summed E-state index contributed by atoms with van der Waals surface area (Å²) in [7, 11) is 0. The van der Waals surface area contributed by atoms with Crippen LogP contribution in [0, 0.1) is 5.82 Å². The van der Waals surface area contributed by atoms with Crippen molar-refractivity contribution in [2.24, 2.45) is 0 Å². The van der Waals surface area contributed by atoms with Gasteiger partial charge in [0.15, 0.2) is 12.3 Å². The van der Waals surface area contributed by atoms with E-state index in [1.165, 1.54) is 30.5 Å². The Hall–Kier alpha value is -3.22. The van der Waals surface area contributed by atoms with Gasteiger partial charge in [-0.2, -0.15) is 0 Å². The average Bonchev–Trinajstić information content (AvgIpc) is 3.11. The van der Waals surface area contributed by atoms with Gasteiger partial charge in [-0.05, 0) is 43.3 Å². The predicted octanol–water partition coefficient (Wildman–Crippen LogP) is 3.15. The summed E-state index contributed by atoms with van der Waals surface area (Å²) in [6, 6.07) is 11.2. The summed E-state index contributed by atoms with van der Waals surface area (Å²) in [5.74, 6) is 0.0777. The number of amides is 1. The zero-order chi connectivity index (χ0) is 18.4. The van der Waals surface area contributed by atoms with Gasteiger partial charge in [0, 0.05) is 24.4 Å². The molecule has 0 saturated heterocycles. The summed E-state index contributed by atoms with van der Waals surface area (Å²) < 4.78 is 23.5. The van der Waals surface area contributed by atoms with Crippen molar-refractivity contribution >= 4 is 5.91 Å². The number of carbonyl (C=O) groups excluding carboxylic acids is 1. The SMILES string of the molecule is C[C@H](Cc1ccccn1)NC(=O)c1coc(COc2ccc(F)cc2)n1. The molecule has 2 aromatic heterocycles. The van der Waals surface area contributed by atoms with Gasteiger partial charge < -0.3 is 14.5 Å². The number of rotatable bonds is 7. The molecule has 26 heavy (non-hydrogen) atoms. The lowest BCUT2D eigenvalue weighted by Crippen LogP contribution is -2.34. The number of ether oxygens (including phenoxy) is 1. The molecule has 0 radical (unpaired) electrons. The third-order valence-corrected chi connectivity index (χ3v) is 3.58. The highest BCUT2D eigenvalue weighted by atomic mass is 19.1. The van der Waals surface area contributed by atoms with Gasteiger partial charge in [-0.1, -0.05) is 6.07 Å². The van der Waals surface area contributed by atoms with Crippen LogP contribution in [0.5, 0.6) is 5.75 Å². The topological polar surface area (TPSA) is 77.2 Å². The zero-order valence-electron chi connectivity index (χ0n) is 14.2. The second kappa shape index (κ2) is 8.24. The molecular weight excluding hydrogens is 337 g/mol. The lowest BCUT2D eigenvalue weighted by Gasteiger charge is -2.12. The van der Waals surface area contributed by atoms with Gasteiger partial charge in [0.05, 0.1) is 0 Å². The first-order valence-electron chi connectivity index (χ1n) is 8.13. The van der Waals surface area contributed by atoms with E-state index in [2.05, 4.69) is 15.3 Å². The van der Waals surface area contributed by atoms with E-state index in [1.54, 1.807) is 6.20 Å². The Labute approximate surface area is 150 Å². The minimum atomic E-state index is -0.341. The van der Waals surface area contributed by atoms with Crippen LogP contribution in [-0.2, 0) is 13.0 Å². The molecule has 0 aliphatic heterocycles. The van der Waals surface area contributed by atoms with Crippen LogP contribution >= 0.6 is 0 Å². The summed E-state index contributed by atoms with van der Waals surface area (Å²) in [4.78, 5) is 20.6. The van der Waals surface area contributed by atoms with Gasteiger partial charge in [0.25, 0.3) is 5.91 Å². The smallest absolute Gasteiger partial charge is 0.273 e. The first-order chi connectivity index (χ1) is 12.6. The highest BCUT2D eigenvalue weighted by Crippen LogP contribution is 2.13. The molecule has 0 aliphatic rings. The Morgan fingerprint density at radius 1 is 1.27 bits per heavy atom. The maximum Gasteiger partial charge on any atom is 0.273 e. The number of halogens is 1. The third-order valence-electron chi connectivity index (χ3n) is 3.58. The number of pyridine rings is 1. The van der Waals surface area contributed by atoms with Crippen molar-refractivity contribution < 1.29 is 18.3 Å². The van der Waals surface area contributed by atoms with Crippen molar-refractivity contribution in [3.63, 3.8) is 0 Å². The highest BCUT2D eigenvalue weighted by molar-refractivity contribution is 5.92. The monoisotopic (exact) mass is 355 g/mol.